The quantitative estimate of drug-likeness (QED) is 0.263. The summed E-state index contributed by atoms with van der Waals surface area (Å²) in [6.45, 7) is 8.99. The standard InChI is InChI=1S/C9H14O3/c1-4-9(10)12-8(3)6-7-11-5-2/h4-5,8H,1-2,6-7H2,3H3. The summed E-state index contributed by atoms with van der Waals surface area (Å²) in [5, 5.41) is 0. The molecule has 0 spiro atoms. The molecular formula is C9H14O3. The average Bonchev–Trinajstić information content (AvgIpc) is 2.05. The van der Waals surface area contributed by atoms with Crippen LogP contribution in [-0.2, 0) is 14.3 Å². The summed E-state index contributed by atoms with van der Waals surface area (Å²) in [6, 6.07) is 0. The highest BCUT2D eigenvalue weighted by Crippen LogP contribution is 1.98. The Hall–Kier alpha value is -1.25. The van der Waals surface area contributed by atoms with Gasteiger partial charge in [0, 0.05) is 12.5 Å². The van der Waals surface area contributed by atoms with E-state index in [0.717, 1.165) is 6.08 Å². The first kappa shape index (κ1) is 10.8. The summed E-state index contributed by atoms with van der Waals surface area (Å²) in [5.41, 5.74) is 0. The fourth-order valence-electron chi connectivity index (χ4n) is 0.623. The lowest BCUT2D eigenvalue weighted by Gasteiger charge is -2.10. The largest absolute Gasteiger partial charge is 0.502 e. The van der Waals surface area contributed by atoms with Gasteiger partial charge in [0.2, 0.25) is 0 Å². The fraction of sp³-hybridized carbons (Fsp3) is 0.444. The smallest absolute Gasteiger partial charge is 0.330 e. The molecule has 0 aromatic carbocycles. The van der Waals surface area contributed by atoms with Gasteiger partial charge in [0.25, 0.3) is 0 Å². The number of hydrogen-bond donors (Lipinski definition) is 0. The van der Waals surface area contributed by atoms with E-state index in [9.17, 15) is 4.79 Å². The number of ether oxygens (including phenoxy) is 2. The zero-order valence-corrected chi connectivity index (χ0v) is 7.29. The number of hydrogen-bond acceptors (Lipinski definition) is 3. The Morgan fingerprint density at radius 2 is 2.25 bits per heavy atom. The Bertz CT molecular complexity index is 163. The van der Waals surface area contributed by atoms with Gasteiger partial charge in [-0.15, -0.1) is 0 Å². The molecule has 0 radical (unpaired) electrons. The van der Waals surface area contributed by atoms with E-state index in [2.05, 4.69) is 13.2 Å². The Morgan fingerprint density at radius 3 is 2.75 bits per heavy atom. The van der Waals surface area contributed by atoms with Crippen molar-refractivity contribution in [3.63, 3.8) is 0 Å². The van der Waals surface area contributed by atoms with Crippen LogP contribution in [0.15, 0.2) is 25.5 Å². The molecule has 0 heterocycles. The third-order valence-electron chi connectivity index (χ3n) is 1.24. The minimum atomic E-state index is -0.402. The molecule has 0 N–H and O–H groups in total. The van der Waals surface area contributed by atoms with E-state index >= 15 is 0 Å². The zero-order chi connectivity index (χ0) is 9.40. The molecule has 0 aliphatic carbocycles. The van der Waals surface area contributed by atoms with Crippen molar-refractivity contribution in [1.82, 2.24) is 0 Å². The van der Waals surface area contributed by atoms with Gasteiger partial charge in [0.15, 0.2) is 0 Å². The Balaban J connectivity index is 3.44. The maximum absolute atomic E-state index is 10.7. The zero-order valence-electron chi connectivity index (χ0n) is 7.29. The van der Waals surface area contributed by atoms with E-state index in [0.29, 0.717) is 13.0 Å². The SMILES string of the molecule is C=COCCC(C)OC(=O)C=C. The summed E-state index contributed by atoms with van der Waals surface area (Å²) in [7, 11) is 0. The highest BCUT2D eigenvalue weighted by atomic mass is 16.5. The average molecular weight is 170 g/mol. The lowest BCUT2D eigenvalue weighted by atomic mass is 10.3. The van der Waals surface area contributed by atoms with Gasteiger partial charge < -0.3 is 9.47 Å². The third-order valence-corrected chi connectivity index (χ3v) is 1.24. The molecule has 1 unspecified atom stereocenters. The van der Waals surface area contributed by atoms with Crippen molar-refractivity contribution in [1.29, 1.82) is 0 Å². The van der Waals surface area contributed by atoms with Crippen molar-refractivity contribution in [2.75, 3.05) is 6.61 Å². The lowest BCUT2D eigenvalue weighted by molar-refractivity contribution is -0.142. The van der Waals surface area contributed by atoms with Crippen LogP contribution in [0.3, 0.4) is 0 Å². The second-order valence-corrected chi connectivity index (χ2v) is 2.28. The fourth-order valence-corrected chi connectivity index (χ4v) is 0.623. The van der Waals surface area contributed by atoms with E-state index in [4.69, 9.17) is 9.47 Å². The van der Waals surface area contributed by atoms with Gasteiger partial charge in [0.1, 0.15) is 6.10 Å². The first-order chi connectivity index (χ1) is 5.70. The van der Waals surface area contributed by atoms with Crippen LogP contribution in [0.1, 0.15) is 13.3 Å². The van der Waals surface area contributed by atoms with E-state index in [1.807, 2.05) is 0 Å². The van der Waals surface area contributed by atoms with E-state index in [-0.39, 0.29) is 6.10 Å². The highest BCUT2D eigenvalue weighted by molar-refractivity contribution is 5.81. The minimum absolute atomic E-state index is 0.143. The molecule has 68 valence electrons. The molecule has 0 amide bonds. The van der Waals surface area contributed by atoms with Crippen molar-refractivity contribution in [3.8, 4) is 0 Å². The van der Waals surface area contributed by atoms with Crippen molar-refractivity contribution in [2.24, 2.45) is 0 Å². The van der Waals surface area contributed by atoms with Crippen LogP contribution in [0.25, 0.3) is 0 Å². The molecule has 1 atom stereocenters. The van der Waals surface area contributed by atoms with E-state index < -0.39 is 5.97 Å². The van der Waals surface area contributed by atoms with Crippen LogP contribution >= 0.6 is 0 Å². The Morgan fingerprint density at radius 1 is 1.58 bits per heavy atom. The molecule has 0 fully saturated rings. The molecule has 0 rings (SSSR count). The van der Waals surface area contributed by atoms with Gasteiger partial charge in [-0.3, -0.25) is 0 Å². The number of rotatable bonds is 6. The lowest BCUT2D eigenvalue weighted by Crippen LogP contribution is -2.14. The molecular weight excluding hydrogens is 156 g/mol. The van der Waals surface area contributed by atoms with Crippen molar-refractivity contribution in [2.45, 2.75) is 19.4 Å². The van der Waals surface area contributed by atoms with Gasteiger partial charge >= 0.3 is 5.97 Å². The van der Waals surface area contributed by atoms with Gasteiger partial charge in [-0.1, -0.05) is 13.2 Å². The number of esters is 1. The minimum Gasteiger partial charge on any atom is -0.502 e. The molecule has 0 aliphatic heterocycles. The molecule has 0 bridgehead atoms. The van der Waals surface area contributed by atoms with E-state index in [1.165, 1.54) is 6.26 Å². The first-order valence-electron chi connectivity index (χ1n) is 3.76. The summed E-state index contributed by atoms with van der Waals surface area (Å²) in [4.78, 5) is 10.7. The Kier molecular flexibility index (Phi) is 5.79. The maximum Gasteiger partial charge on any atom is 0.330 e. The third kappa shape index (κ3) is 5.53. The van der Waals surface area contributed by atoms with Crippen LogP contribution in [0, 0.1) is 0 Å². The molecule has 12 heavy (non-hydrogen) atoms. The van der Waals surface area contributed by atoms with Crippen molar-refractivity contribution < 1.29 is 14.3 Å². The van der Waals surface area contributed by atoms with Gasteiger partial charge in [-0.25, -0.2) is 4.79 Å². The molecule has 0 aromatic heterocycles. The maximum atomic E-state index is 10.7. The summed E-state index contributed by atoms with van der Waals surface area (Å²) >= 11 is 0. The summed E-state index contributed by atoms with van der Waals surface area (Å²) in [5.74, 6) is -0.402. The van der Waals surface area contributed by atoms with Crippen molar-refractivity contribution in [3.05, 3.63) is 25.5 Å². The monoisotopic (exact) mass is 170 g/mol. The Labute approximate surface area is 72.7 Å². The van der Waals surface area contributed by atoms with Crippen LogP contribution in [0.2, 0.25) is 0 Å². The topological polar surface area (TPSA) is 35.5 Å². The number of carbonyl (C=O) groups excluding carboxylic acids is 1. The van der Waals surface area contributed by atoms with Crippen LogP contribution in [0.4, 0.5) is 0 Å². The predicted octanol–water partition coefficient (Wildman–Crippen LogP) is 1.65. The molecule has 0 saturated carbocycles. The van der Waals surface area contributed by atoms with Gasteiger partial charge in [0.05, 0.1) is 12.9 Å². The van der Waals surface area contributed by atoms with Gasteiger partial charge in [-0.2, -0.15) is 0 Å². The first-order valence-corrected chi connectivity index (χ1v) is 3.76. The van der Waals surface area contributed by atoms with Crippen molar-refractivity contribution >= 4 is 5.97 Å². The predicted molar refractivity (Wildman–Crippen MR) is 46.5 cm³/mol. The summed E-state index contributed by atoms with van der Waals surface area (Å²) < 4.78 is 9.74. The van der Waals surface area contributed by atoms with E-state index in [1.54, 1.807) is 6.92 Å². The molecule has 0 saturated heterocycles. The molecule has 3 nitrogen and oxygen atoms in total. The highest BCUT2D eigenvalue weighted by Gasteiger charge is 2.05. The second-order valence-electron chi connectivity index (χ2n) is 2.28. The molecule has 0 aromatic rings. The van der Waals surface area contributed by atoms with Crippen LogP contribution in [0.5, 0.6) is 0 Å². The van der Waals surface area contributed by atoms with Gasteiger partial charge in [-0.05, 0) is 6.92 Å². The van der Waals surface area contributed by atoms with Crippen LogP contribution in [-0.4, -0.2) is 18.7 Å². The van der Waals surface area contributed by atoms with Crippen LogP contribution < -0.4 is 0 Å². The molecule has 0 aliphatic rings. The normalized spacial score (nSPS) is 11.4. The molecule has 3 heteroatoms. The second kappa shape index (κ2) is 6.46. The number of carbonyl (C=O) groups is 1. The summed E-state index contributed by atoms with van der Waals surface area (Å²) in [6.07, 6.45) is 3.02.